The molecule has 6 nitrogen and oxygen atoms in total. The second-order valence-electron chi connectivity index (χ2n) is 8.67. The molecule has 3 aliphatic heterocycles. The minimum Gasteiger partial charge on any atom is -0.368 e. The van der Waals surface area contributed by atoms with Crippen LogP contribution in [-0.2, 0) is 9.59 Å². The minimum atomic E-state index is -0.0962. The van der Waals surface area contributed by atoms with Gasteiger partial charge < -0.3 is 14.7 Å². The summed E-state index contributed by atoms with van der Waals surface area (Å²) in [6, 6.07) is 10.3. The van der Waals surface area contributed by atoms with Crippen LogP contribution in [0.25, 0.3) is 0 Å². The van der Waals surface area contributed by atoms with Crippen LogP contribution in [0.15, 0.2) is 30.3 Å². The Bertz CT molecular complexity index is 688. The van der Waals surface area contributed by atoms with Gasteiger partial charge >= 0.3 is 0 Å². The highest BCUT2D eigenvalue weighted by Gasteiger charge is 2.34. The molecule has 1 aromatic carbocycles. The predicted molar refractivity (Wildman–Crippen MR) is 115 cm³/mol. The van der Waals surface area contributed by atoms with Gasteiger partial charge in [0, 0.05) is 50.9 Å². The van der Waals surface area contributed by atoms with Crippen molar-refractivity contribution in [3.05, 3.63) is 30.3 Å². The molecular weight excluding hydrogens is 364 g/mol. The van der Waals surface area contributed by atoms with Crippen LogP contribution >= 0.6 is 0 Å². The SMILES string of the molecule is CC(C(=O)N1CCN(c2ccccc2)CC1)N1CCC(C(=O)N2CCCC2)CC1. The molecule has 29 heavy (non-hydrogen) atoms. The first-order valence-corrected chi connectivity index (χ1v) is 11.2. The molecule has 3 saturated heterocycles. The summed E-state index contributed by atoms with van der Waals surface area (Å²) < 4.78 is 0. The Morgan fingerprint density at radius 3 is 2.07 bits per heavy atom. The maximum absolute atomic E-state index is 13.1. The van der Waals surface area contributed by atoms with E-state index < -0.39 is 0 Å². The number of para-hydroxylation sites is 1. The van der Waals surface area contributed by atoms with Crippen LogP contribution in [-0.4, -0.2) is 84.9 Å². The van der Waals surface area contributed by atoms with Crippen molar-refractivity contribution >= 4 is 17.5 Å². The Morgan fingerprint density at radius 1 is 0.828 bits per heavy atom. The fraction of sp³-hybridized carbons (Fsp3) is 0.652. The van der Waals surface area contributed by atoms with Gasteiger partial charge in [0.2, 0.25) is 11.8 Å². The summed E-state index contributed by atoms with van der Waals surface area (Å²) in [7, 11) is 0. The zero-order valence-corrected chi connectivity index (χ0v) is 17.6. The van der Waals surface area contributed by atoms with Gasteiger partial charge in [0.05, 0.1) is 6.04 Å². The average molecular weight is 399 g/mol. The molecule has 1 unspecified atom stereocenters. The number of amides is 2. The molecule has 0 N–H and O–H groups in total. The van der Waals surface area contributed by atoms with E-state index in [9.17, 15) is 9.59 Å². The highest BCUT2D eigenvalue weighted by Crippen LogP contribution is 2.24. The summed E-state index contributed by atoms with van der Waals surface area (Å²) in [6.07, 6.45) is 4.06. The Morgan fingerprint density at radius 2 is 1.45 bits per heavy atom. The van der Waals surface area contributed by atoms with E-state index in [0.29, 0.717) is 5.91 Å². The molecule has 0 bridgehead atoms. The number of carbonyl (C=O) groups is 2. The molecule has 3 fully saturated rings. The topological polar surface area (TPSA) is 47.1 Å². The maximum Gasteiger partial charge on any atom is 0.239 e. The van der Waals surface area contributed by atoms with Gasteiger partial charge in [-0.3, -0.25) is 14.5 Å². The summed E-state index contributed by atoms with van der Waals surface area (Å²) in [5.74, 6) is 0.737. The number of nitrogens with zero attached hydrogens (tertiary/aromatic N) is 4. The van der Waals surface area contributed by atoms with Crippen molar-refractivity contribution in [2.24, 2.45) is 5.92 Å². The van der Waals surface area contributed by atoms with E-state index in [1.807, 2.05) is 22.8 Å². The van der Waals surface area contributed by atoms with Crippen LogP contribution in [0.1, 0.15) is 32.6 Å². The fourth-order valence-corrected chi connectivity index (χ4v) is 4.97. The van der Waals surface area contributed by atoms with Crippen LogP contribution < -0.4 is 4.90 Å². The largest absolute Gasteiger partial charge is 0.368 e. The lowest BCUT2D eigenvalue weighted by atomic mass is 9.94. The van der Waals surface area contributed by atoms with Gasteiger partial charge in [-0.25, -0.2) is 0 Å². The smallest absolute Gasteiger partial charge is 0.239 e. The Hall–Kier alpha value is -2.08. The molecule has 0 aliphatic carbocycles. The van der Waals surface area contributed by atoms with E-state index in [-0.39, 0.29) is 17.9 Å². The minimum absolute atomic E-state index is 0.0962. The first-order chi connectivity index (χ1) is 14.1. The van der Waals surface area contributed by atoms with E-state index in [1.54, 1.807) is 0 Å². The normalized spacial score (nSPS) is 22.7. The summed E-state index contributed by atoms with van der Waals surface area (Å²) in [5.41, 5.74) is 1.23. The van der Waals surface area contributed by atoms with Gasteiger partial charge in [0.25, 0.3) is 0 Å². The van der Waals surface area contributed by atoms with Crippen molar-refractivity contribution in [2.75, 3.05) is 57.3 Å². The molecule has 0 saturated carbocycles. The number of anilines is 1. The highest BCUT2D eigenvalue weighted by atomic mass is 16.2. The zero-order chi connectivity index (χ0) is 20.2. The van der Waals surface area contributed by atoms with Crippen molar-refractivity contribution in [1.82, 2.24) is 14.7 Å². The molecule has 2 amide bonds. The van der Waals surface area contributed by atoms with Crippen molar-refractivity contribution in [3.8, 4) is 0 Å². The predicted octanol–water partition coefficient (Wildman–Crippen LogP) is 2.06. The van der Waals surface area contributed by atoms with Gasteiger partial charge in [0.15, 0.2) is 0 Å². The van der Waals surface area contributed by atoms with Gasteiger partial charge in [-0.05, 0) is 57.8 Å². The van der Waals surface area contributed by atoms with Crippen LogP contribution in [0.5, 0.6) is 0 Å². The first kappa shape index (κ1) is 20.2. The molecule has 3 heterocycles. The van der Waals surface area contributed by atoms with Crippen LogP contribution in [0.4, 0.5) is 5.69 Å². The molecule has 1 aromatic rings. The van der Waals surface area contributed by atoms with Crippen molar-refractivity contribution in [3.63, 3.8) is 0 Å². The quantitative estimate of drug-likeness (QED) is 0.779. The summed E-state index contributed by atoms with van der Waals surface area (Å²) in [5, 5.41) is 0. The molecule has 0 spiro atoms. The number of likely N-dealkylation sites (tertiary alicyclic amines) is 2. The third-order valence-corrected chi connectivity index (χ3v) is 6.91. The van der Waals surface area contributed by atoms with Gasteiger partial charge in [-0.2, -0.15) is 0 Å². The number of hydrogen-bond acceptors (Lipinski definition) is 4. The van der Waals surface area contributed by atoms with Gasteiger partial charge in [-0.15, -0.1) is 0 Å². The Labute approximate surface area is 174 Å². The second-order valence-corrected chi connectivity index (χ2v) is 8.67. The van der Waals surface area contributed by atoms with Crippen LogP contribution in [0, 0.1) is 5.92 Å². The lowest BCUT2D eigenvalue weighted by Gasteiger charge is -2.40. The second kappa shape index (κ2) is 9.16. The molecule has 4 rings (SSSR count). The van der Waals surface area contributed by atoms with E-state index >= 15 is 0 Å². The number of hydrogen-bond donors (Lipinski definition) is 0. The van der Waals surface area contributed by atoms with Gasteiger partial charge in [0.1, 0.15) is 0 Å². The average Bonchev–Trinajstić information content (AvgIpc) is 3.33. The Kier molecular flexibility index (Phi) is 6.38. The lowest BCUT2D eigenvalue weighted by molar-refractivity contribution is -0.139. The van der Waals surface area contributed by atoms with Crippen molar-refractivity contribution in [1.29, 1.82) is 0 Å². The first-order valence-electron chi connectivity index (χ1n) is 11.2. The van der Waals surface area contributed by atoms with E-state index in [4.69, 9.17) is 0 Å². The molecule has 0 radical (unpaired) electrons. The summed E-state index contributed by atoms with van der Waals surface area (Å²) in [6.45, 7) is 8.93. The highest BCUT2D eigenvalue weighted by molar-refractivity contribution is 5.82. The molecular formula is C23H34N4O2. The molecule has 3 aliphatic rings. The third-order valence-electron chi connectivity index (χ3n) is 6.91. The fourth-order valence-electron chi connectivity index (χ4n) is 4.97. The standard InChI is InChI=1S/C23H34N4O2/c1-19(24-13-9-20(10-14-24)23(29)26-11-5-6-12-26)22(28)27-17-15-25(16-18-27)21-7-3-2-4-8-21/h2-4,7-8,19-20H,5-6,9-18H2,1H3. The molecule has 6 heteroatoms. The van der Waals surface area contributed by atoms with E-state index in [0.717, 1.165) is 78.0 Å². The number of piperidine rings is 1. The Balaban J connectivity index is 1.24. The summed E-state index contributed by atoms with van der Waals surface area (Å²) >= 11 is 0. The molecule has 158 valence electrons. The maximum atomic E-state index is 13.1. The summed E-state index contributed by atoms with van der Waals surface area (Å²) in [4.78, 5) is 34.4. The number of benzene rings is 1. The third kappa shape index (κ3) is 4.58. The lowest BCUT2D eigenvalue weighted by Crippen LogP contribution is -2.55. The zero-order valence-electron chi connectivity index (χ0n) is 17.6. The van der Waals surface area contributed by atoms with E-state index in [2.05, 4.69) is 34.1 Å². The number of piperazine rings is 1. The van der Waals surface area contributed by atoms with Crippen LogP contribution in [0.2, 0.25) is 0 Å². The number of carbonyl (C=O) groups excluding carboxylic acids is 2. The van der Waals surface area contributed by atoms with Crippen molar-refractivity contribution < 1.29 is 9.59 Å². The molecule has 1 atom stereocenters. The molecule has 0 aromatic heterocycles. The van der Waals surface area contributed by atoms with Gasteiger partial charge in [-0.1, -0.05) is 18.2 Å². The number of rotatable bonds is 4. The van der Waals surface area contributed by atoms with Crippen molar-refractivity contribution in [2.45, 2.75) is 38.6 Å². The van der Waals surface area contributed by atoms with E-state index in [1.165, 1.54) is 5.69 Å². The van der Waals surface area contributed by atoms with Crippen LogP contribution in [0.3, 0.4) is 0 Å². The monoisotopic (exact) mass is 398 g/mol.